The molecular formula is C17H23ClFN3O. The van der Waals surface area contributed by atoms with Crippen LogP contribution in [-0.2, 0) is 13.2 Å². The summed E-state index contributed by atoms with van der Waals surface area (Å²) in [5.41, 5.74) is 1.34. The Bertz CT molecular complexity index is 641. The van der Waals surface area contributed by atoms with Gasteiger partial charge < -0.3 is 10.1 Å². The van der Waals surface area contributed by atoms with E-state index >= 15 is 0 Å². The van der Waals surface area contributed by atoms with Crippen LogP contribution in [0.1, 0.15) is 44.0 Å². The van der Waals surface area contributed by atoms with Gasteiger partial charge in [-0.1, -0.05) is 25.4 Å². The normalized spacial score (nSPS) is 11.2. The van der Waals surface area contributed by atoms with Gasteiger partial charge in [0.15, 0.2) is 0 Å². The molecule has 0 spiro atoms. The van der Waals surface area contributed by atoms with E-state index in [0.717, 1.165) is 18.5 Å². The van der Waals surface area contributed by atoms with Gasteiger partial charge in [-0.15, -0.1) is 0 Å². The van der Waals surface area contributed by atoms with Crippen LogP contribution in [0.25, 0.3) is 0 Å². The summed E-state index contributed by atoms with van der Waals surface area (Å²) < 4.78 is 21.6. The minimum absolute atomic E-state index is 0.122. The molecule has 1 aromatic carbocycles. The summed E-state index contributed by atoms with van der Waals surface area (Å²) in [6.07, 6.45) is 1.91. The number of benzene rings is 1. The molecule has 0 amide bonds. The Labute approximate surface area is 141 Å². The molecule has 126 valence electrons. The molecule has 0 saturated carbocycles. The molecule has 0 fully saturated rings. The predicted molar refractivity (Wildman–Crippen MR) is 90.4 cm³/mol. The van der Waals surface area contributed by atoms with Crippen LogP contribution >= 0.6 is 11.6 Å². The van der Waals surface area contributed by atoms with E-state index in [1.807, 2.05) is 17.8 Å². The first-order chi connectivity index (χ1) is 11.1. The fourth-order valence-corrected chi connectivity index (χ4v) is 2.70. The number of aromatic nitrogens is 2. The van der Waals surface area contributed by atoms with Gasteiger partial charge in [-0.05, 0) is 38.1 Å². The van der Waals surface area contributed by atoms with Crippen molar-refractivity contribution in [3.63, 3.8) is 0 Å². The molecule has 1 heterocycles. The van der Waals surface area contributed by atoms with Crippen molar-refractivity contribution in [3.8, 4) is 5.88 Å². The van der Waals surface area contributed by atoms with Crippen LogP contribution in [0.2, 0.25) is 5.02 Å². The van der Waals surface area contributed by atoms with Gasteiger partial charge in [0, 0.05) is 23.2 Å². The van der Waals surface area contributed by atoms with Crippen LogP contribution < -0.4 is 10.1 Å². The molecule has 0 radical (unpaired) electrons. The summed E-state index contributed by atoms with van der Waals surface area (Å²) in [7, 11) is 1.87. The summed E-state index contributed by atoms with van der Waals surface area (Å²) >= 11 is 5.92. The highest BCUT2D eigenvalue weighted by atomic mass is 35.5. The molecule has 23 heavy (non-hydrogen) atoms. The molecule has 1 N–H and O–H groups in total. The van der Waals surface area contributed by atoms with E-state index in [0.29, 0.717) is 23.0 Å². The fourth-order valence-electron chi connectivity index (χ4n) is 2.50. The first kappa shape index (κ1) is 17.8. The van der Waals surface area contributed by atoms with Crippen LogP contribution in [-0.4, -0.2) is 16.8 Å². The van der Waals surface area contributed by atoms with Gasteiger partial charge in [0.2, 0.25) is 5.88 Å². The average Bonchev–Trinajstić information content (AvgIpc) is 2.93. The van der Waals surface area contributed by atoms with Gasteiger partial charge in [-0.25, -0.2) is 9.07 Å². The minimum atomic E-state index is -0.321. The quantitative estimate of drug-likeness (QED) is 0.777. The van der Waals surface area contributed by atoms with Gasteiger partial charge in [0.05, 0.1) is 11.7 Å². The lowest BCUT2D eigenvalue weighted by atomic mass is 10.2. The lowest BCUT2D eigenvalue weighted by molar-refractivity contribution is 0.250. The van der Waals surface area contributed by atoms with Crippen molar-refractivity contribution in [1.82, 2.24) is 15.1 Å². The lowest BCUT2D eigenvalue weighted by Crippen LogP contribution is -2.13. The second kappa shape index (κ2) is 8.31. The first-order valence-electron chi connectivity index (χ1n) is 7.88. The molecule has 0 aliphatic rings. The average molecular weight is 340 g/mol. The fraction of sp³-hybridized carbons (Fsp3) is 0.471. The Balaban J connectivity index is 2.21. The molecule has 0 aliphatic carbocycles. The number of ether oxygens (including phenoxy) is 1. The largest absolute Gasteiger partial charge is 0.473 e. The zero-order valence-electron chi connectivity index (χ0n) is 13.8. The van der Waals surface area contributed by atoms with E-state index in [1.165, 1.54) is 12.1 Å². The zero-order valence-corrected chi connectivity index (χ0v) is 14.5. The summed E-state index contributed by atoms with van der Waals surface area (Å²) in [5, 5.41) is 8.18. The molecule has 2 aromatic rings. The van der Waals surface area contributed by atoms with Crippen molar-refractivity contribution in [3.05, 3.63) is 46.4 Å². The highest BCUT2D eigenvalue weighted by Gasteiger charge is 2.16. The van der Waals surface area contributed by atoms with E-state index in [9.17, 15) is 4.39 Å². The maximum absolute atomic E-state index is 13.8. The zero-order chi connectivity index (χ0) is 16.8. The molecule has 0 unspecified atom stereocenters. The standard InChI is InChI=1S/C17H23ClFN3O/c1-4-15(5-2)22-17(9-14(21-22)10-20-3)23-11-12-8-13(18)6-7-16(12)19/h6-9,15,20H,4-5,10-11H2,1-3H3. The van der Waals surface area contributed by atoms with Crippen LogP contribution in [0.15, 0.2) is 24.3 Å². The number of nitrogens with zero attached hydrogens (tertiary/aromatic N) is 2. The monoisotopic (exact) mass is 339 g/mol. The summed E-state index contributed by atoms with van der Waals surface area (Å²) in [6, 6.07) is 6.63. The van der Waals surface area contributed by atoms with Gasteiger partial charge in [-0.3, -0.25) is 0 Å². The molecule has 0 atom stereocenters. The number of nitrogens with one attached hydrogen (secondary N) is 1. The second-order valence-electron chi connectivity index (χ2n) is 5.44. The van der Waals surface area contributed by atoms with Crippen LogP contribution in [0, 0.1) is 5.82 Å². The summed E-state index contributed by atoms with van der Waals surface area (Å²) in [6.45, 7) is 5.02. The third kappa shape index (κ3) is 4.45. The number of rotatable bonds is 8. The number of hydrogen-bond acceptors (Lipinski definition) is 3. The summed E-state index contributed by atoms with van der Waals surface area (Å²) in [5.74, 6) is 0.335. The van der Waals surface area contributed by atoms with Crippen molar-refractivity contribution in [2.24, 2.45) is 0 Å². The van der Waals surface area contributed by atoms with Gasteiger partial charge >= 0.3 is 0 Å². The van der Waals surface area contributed by atoms with E-state index in [-0.39, 0.29) is 18.5 Å². The molecule has 0 aliphatic heterocycles. The second-order valence-corrected chi connectivity index (χ2v) is 5.88. The van der Waals surface area contributed by atoms with Crippen molar-refractivity contribution in [2.75, 3.05) is 7.05 Å². The molecule has 2 rings (SSSR count). The first-order valence-corrected chi connectivity index (χ1v) is 8.26. The van der Waals surface area contributed by atoms with Crippen molar-refractivity contribution < 1.29 is 9.13 Å². The molecule has 1 aromatic heterocycles. The Kier molecular flexibility index (Phi) is 6.42. The van der Waals surface area contributed by atoms with Crippen LogP contribution in [0.4, 0.5) is 4.39 Å². The van der Waals surface area contributed by atoms with E-state index < -0.39 is 0 Å². The Morgan fingerprint density at radius 3 is 2.70 bits per heavy atom. The molecule has 0 saturated heterocycles. The van der Waals surface area contributed by atoms with E-state index in [4.69, 9.17) is 16.3 Å². The molecule has 6 heteroatoms. The third-order valence-electron chi connectivity index (χ3n) is 3.78. The van der Waals surface area contributed by atoms with Gasteiger partial charge in [0.1, 0.15) is 12.4 Å². The van der Waals surface area contributed by atoms with Crippen LogP contribution in [0.5, 0.6) is 5.88 Å². The Morgan fingerprint density at radius 1 is 1.30 bits per heavy atom. The Hall–Kier alpha value is -1.59. The maximum Gasteiger partial charge on any atom is 0.212 e. The highest BCUT2D eigenvalue weighted by Crippen LogP contribution is 2.25. The van der Waals surface area contributed by atoms with Gasteiger partial charge in [0.25, 0.3) is 0 Å². The molecular weight excluding hydrogens is 317 g/mol. The van der Waals surface area contributed by atoms with Crippen molar-refractivity contribution >= 4 is 11.6 Å². The Morgan fingerprint density at radius 2 is 2.04 bits per heavy atom. The van der Waals surface area contributed by atoms with Crippen molar-refractivity contribution in [1.29, 1.82) is 0 Å². The van der Waals surface area contributed by atoms with Gasteiger partial charge in [-0.2, -0.15) is 5.10 Å². The molecule has 4 nitrogen and oxygen atoms in total. The van der Waals surface area contributed by atoms with Crippen LogP contribution in [0.3, 0.4) is 0 Å². The topological polar surface area (TPSA) is 39.1 Å². The SMILES string of the molecule is CCC(CC)n1nc(CNC)cc1OCc1cc(Cl)ccc1F. The number of halogens is 2. The van der Waals surface area contributed by atoms with Crippen molar-refractivity contribution in [2.45, 2.75) is 45.9 Å². The summed E-state index contributed by atoms with van der Waals surface area (Å²) in [4.78, 5) is 0. The molecule has 0 bridgehead atoms. The number of hydrogen-bond donors (Lipinski definition) is 1. The lowest BCUT2D eigenvalue weighted by Gasteiger charge is -2.17. The highest BCUT2D eigenvalue weighted by molar-refractivity contribution is 6.30. The third-order valence-corrected chi connectivity index (χ3v) is 4.02. The minimum Gasteiger partial charge on any atom is -0.473 e. The maximum atomic E-state index is 13.8. The van der Waals surface area contributed by atoms with E-state index in [2.05, 4.69) is 24.3 Å². The van der Waals surface area contributed by atoms with E-state index in [1.54, 1.807) is 6.07 Å². The smallest absolute Gasteiger partial charge is 0.212 e. The predicted octanol–water partition coefficient (Wildman–Crippen LogP) is 4.34.